The lowest BCUT2D eigenvalue weighted by Crippen LogP contribution is -2.50. The van der Waals surface area contributed by atoms with Crippen molar-refractivity contribution >= 4 is 11.8 Å². The number of nitrogens with zero attached hydrogens (tertiary/aromatic N) is 1. The third-order valence-corrected chi connectivity index (χ3v) is 6.03. The Labute approximate surface area is 140 Å². The predicted octanol–water partition coefficient (Wildman–Crippen LogP) is 3.40. The Morgan fingerprint density at radius 2 is 1.48 bits per heavy atom. The first-order valence-electron chi connectivity index (χ1n) is 9.84. The molecule has 1 N–H and O–H groups in total. The Balaban J connectivity index is 1.52. The van der Waals surface area contributed by atoms with Gasteiger partial charge >= 0.3 is 0 Å². The summed E-state index contributed by atoms with van der Waals surface area (Å²) in [5.41, 5.74) is 0. The molecule has 1 atom stereocenters. The Hall–Kier alpha value is -1.06. The molecule has 0 unspecified atom stereocenters. The van der Waals surface area contributed by atoms with Gasteiger partial charge in [0.15, 0.2) is 0 Å². The molecule has 0 aromatic heterocycles. The molecule has 2 saturated carbocycles. The molecule has 130 valence electrons. The van der Waals surface area contributed by atoms with Crippen molar-refractivity contribution in [3.8, 4) is 0 Å². The van der Waals surface area contributed by atoms with Crippen LogP contribution in [-0.2, 0) is 9.59 Å². The minimum absolute atomic E-state index is 0.0127. The molecule has 1 aliphatic heterocycles. The van der Waals surface area contributed by atoms with E-state index in [0.717, 1.165) is 32.1 Å². The molecule has 1 saturated heterocycles. The van der Waals surface area contributed by atoms with Crippen molar-refractivity contribution in [2.75, 3.05) is 6.54 Å². The number of nitrogens with one attached hydrogen (secondary N) is 1. The van der Waals surface area contributed by atoms with Crippen molar-refractivity contribution in [2.24, 2.45) is 5.92 Å². The van der Waals surface area contributed by atoms with E-state index in [-0.39, 0.29) is 17.7 Å². The van der Waals surface area contributed by atoms with Crippen molar-refractivity contribution in [3.63, 3.8) is 0 Å². The van der Waals surface area contributed by atoms with Crippen LogP contribution in [-0.4, -0.2) is 35.3 Å². The second kappa shape index (κ2) is 8.16. The summed E-state index contributed by atoms with van der Waals surface area (Å²) in [6.45, 7) is 0.655. The average molecular weight is 320 g/mol. The average Bonchev–Trinajstić information content (AvgIpc) is 3.04. The maximum atomic E-state index is 12.7. The standard InChI is InChI=1S/C19H32N2O2/c22-18-13-12-15(14-21(18)17-10-6-7-11-17)19(23)20-16-8-4-2-1-3-5-9-16/h15-17H,1-14H2,(H,20,23)/t15-/m1/s1. The number of carbonyl (C=O) groups is 2. The summed E-state index contributed by atoms with van der Waals surface area (Å²) in [6.07, 6.45) is 14.7. The van der Waals surface area contributed by atoms with Crippen molar-refractivity contribution < 1.29 is 9.59 Å². The zero-order chi connectivity index (χ0) is 16.1. The summed E-state index contributed by atoms with van der Waals surface area (Å²) in [5.74, 6) is 0.483. The highest BCUT2D eigenvalue weighted by Gasteiger charge is 2.35. The van der Waals surface area contributed by atoms with Crippen molar-refractivity contribution in [3.05, 3.63) is 0 Å². The van der Waals surface area contributed by atoms with Gasteiger partial charge in [0.1, 0.15) is 0 Å². The molecule has 3 aliphatic rings. The summed E-state index contributed by atoms with van der Waals surface area (Å²) in [6, 6.07) is 0.764. The molecule has 0 radical (unpaired) electrons. The van der Waals surface area contributed by atoms with E-state index in [1.165, 1.54) is 44.9 Å². The van der Waals surface area contributed by atoms with Crippen LogP contribution in [0.1, 0.15) is 83.5 Å². The molecule has 3 rings (SSSR count). The summed E-state index contributed by atoms with van der Waals surface area (Å²) in [4.78, 5) is 26.9. The molecule has 0 aromatic carbocycles. The fraction of sp³-hybridized carbons (Fsp3) is 0.895. The minimum atomic E-state index is 0.0127. The van der Waals surface area contributed by atoms with Crippen LogP contribution in [0.15, 0.2) is 0 Å². The number of likely N-dealkylation sites (tertiary alicyclic amines) is 1. The lowest BCUT2D eigenvalue weighted by Gasteiger charge is -2.36. The molecule has 3 fully saturated rings. The number of amides is 2. The van der Waals surface area contributed by atoms with Crippen LogP contribution in [0.3, 0.4) is 0 Å². The van der Waals surface area contributed by atoms with E-state index in [9.17, 15) is 9.59 Å². The molecule has 0 bridgehead atoms. The van der Waals surface area contributed by atoms with E-state index in [4.69, 9.17) is 0 Å². The van der Waals surface area contributed by atoms with Gasteiger partial charge in [-0.1, -0.05) is 44.9 Å². The lowest BCUT2D eigenvalue weighted by atomic mass is 9.93. The number of hydrogen-bond donors (Lipinski definition) is 1. The highest BCUT2D eigenvalue weighted by atomic mass is 16.2. The monoisotopic (exact) mass is 320 g/mol. The molecule has 0 spiro atoms. The van der Waals surface area contributed by atoms with Gasteiger partial charge in [-0.25, -0.2) is 0 Å². The first kappa shape index (κ1) is 16.8. The molecule has 4 heteroatoms. The van der Waals surface area contributed by atoms with Gasteiger partial charge in [0, 0.05) is 25.0 Å². The zero-order valence-electron chi connectivity index (χ0n) is 14.4. The van der Waals surface area contributed by atoms with Gasteiger partial charge in [-0.15, -0.1) is 0 Å². The van der Waals surface area contributed by atoms with Crippen molar-refractivity contribution in [1.82, 2.24) is 10.2 Å². The first-order valence-corrected chi connectivity index (χ1v) is 9.84. The Kier molecular flexibility index (Phi) is 5.96. The normalized spacial score (nSPS) is 28.4. The number of hydrogen-bond acceptors (Lipinski definition) is 2. The van der Waals surface area contributed by atoms with Crippen molar-refractivity contribution in [1.29, 1.82) is 0 Å². The van der Waals surface area contributed by atoms with E-state index in [1.54, 1.807) is 0 Å². The number of carbonyl (C=O) groups excluding carboxylic acids is 2. The third kappa shape index (κ3) is 4.48. The van der Waals surface area contributed by atoms with E-state index < -0.39 is 0 Å². The van der Waals surface area contributed by atoms with Gasteiger partial charge in [0.25, 0.3) is 0 Å². The maximum absolute atomic E-state index is 12.7. The fourth-order valence-corrected chi connectivity index (χ4v) is 4.57. The molecular formula is C19H32N2O2. The van der Waals surface area contributed by atoms with Crippen LogP contribution < -0.4 is 5.32 Å². The lowest BCUT2D eigenvalue weighted by molar-refractivity contribution is -0.140. The second-order valence-corrected chi connectivity index (χ2v) is 7.77. The molecule has 2 aliphatic carbocycles. The first-order chi connectivity index (χ1) is 11.2. The Morgan fingerprint density at radius 1 is 0.870 bits per heavy atom. The van der Waals surface area contributed by atoms with Crippen LogP contribution >= 0.6 is 0 Å². The summed E-state index contributed by atoms with van der Waals surface area (Å²) < 4.78 is 0. The van der Waals surface area contributed by atoms with Crippen LogP contribution in [0, 0.1) is 5.92 Å². The predicted molar refractivity (Wildman–Crippen MR) is 90.9 cm³/mol. The number of piperidine rings is 1. The third-order valence-electron chi connectivity index (χ3n) is 6.03. The molecule has 23 heavy (non-hydrogen) atoms. The van der Waals surface area contributed by atoms with Gasteiger partial charge in [-0.05, 0) is 32.1 Å². The highest BCUT2D eigenvalue weighted by Crippen LogP contribution is 2.29. The molecule has 0 aromatic rings. The van der Waals surface area contributed by atoms with E-state index in [2.05, 4.69) is 5.32 Å². The van der Waals surface area contributed by atoms with Crippen LogP contribution in [0.4, 0.5) is 0 Å². The smallest absolute Gasteiger partial charge is 0.225 e. The second-order valence-electron chi connectivity index (χ2n) is 7.77. The number of rotatable bonds is 3. The van der Waals surface area contributed by atoms with Gasteiger partial charge < -0.3 is 10.2 Å². The maximum Gasteiger partial charge on any atom is 0.225 e. The van der Waals surface area contributed by atoms with Crippen LogP contribution in [0.5, 0.6) is 0 Å². The van der Waals surface area contributed by atoms with E-state index in [1.807, 2.05) is 4.90 Å². The van der Waals surface area contributed by atoms with Gasteiger partial charge in [-0.3, -0.25) is 9.59 Å². The fourth-order valence-electron chi connectivity index (χ4n) is 4.57. The molecular weight excluding hydrogens is 288 g/mol. The topological polar surface area (TPSA) is 49.4 Å². The SMILES string of the molecule is O=C(NC1CCCCCCC1)[C@@H]1CCC(=O)N(C2CCCC2)C1. The highest BCUT2D eigenvalue weighted by molar-refractivity contribution is 5.84. The quantitative estimate of drug-likeness (QED) is 0.866. The van der Waals surface area contributed by atoms with Crippen LogP contribution in [0.2, 0.25) is 0 Å². The Morgan fingerprint density at radius 3 is 2.17 bits per heavy atom. The van der Waals surface area contributed by atoms with Gasteiger partial charge in [-0.2, -0.15) is 0 Å². The summed E-state index contributed by atoms with van der Waals surface area (Å²) in [5, 5.41) is 3.31. The van der Waals surface area contributed by atoms with Crippen molar-refractivity contribution in [2.45, 2.75) is 95.6 Å². The zero-order valence-corrected chi connectivity index (χ0v) is 14.4. The largest absolute Gasteiger partial charge is 0.353 e. The molecule has 4 nitrogen and oxygen atoms in total. The van der Waals surface area contributed by atoms with Gasteiger partial charge in [0.2, 0.25) is 11.8 Å². The molecule has 1 heterocycles. The Bertz CT molecular complexity index is 410. The molecule has 2 amide bonds. The summed E-state index contributed by atoms with van der Waals surface area (Å²) in [7, 11) is 0. The summed E-state index contributed by atoms with van der Waals surface area (Å²) >= 11 is 0. The van der Waals surface area contributed by atoms with E-state index in [0.29, 0.717) is 25.0 Å². The van der Waals surface area contributed by atoms with Gasteiger partial charge in [0.05, 0.1) is 5.92 Å². The van der Waals surface area contributed by atoms with E-state index >= 15 is 0 Å². The minimum Gasteiger partial charge on any atom is -0.353 e. The van der Waals surface area contributed by atoms with Crippen LogP contribution in [0.25, 0.3) is 0 Å².